The topological polar surface area (TPSA) is 96.6 Å². The van der Waals surface area contributed by atoms with Crippen molar-refractivity contribution in [2.75, 3.05) is 42.4 Å². The zero-order chi connectivity index (χ0) is 21.8. The van der Waals surface area contributed by atoms with Crippen molar-refractivity contribution in [2.24, 2.45) is 5.73 Å². The molecule has 3 N–H and O–H groups in total. The van der Waals surface area contributed by atoms with E-state index in [2.05, 4.69) is 15.2 Å². The number of anilines is 2. The number of hydrogen-bond acceptors (Lipinski definition) is 7. The second-order valence-electron chi connectivity index (χ2n) is 6.93. The monoisotopic (exact) mass is 458 g/mol. The van der Waals surface area contributed by atoms with Gasteiger partial charge in [0.1, 0.15) is 17.1 Å². The molecule has 1 aromatic carbocycles. The Morgan fingerprint density at radius 1 is 1.23 bits per heavy atom. The van der Waals surface area contributed by atoms with Crippen molar-refractivity contribution in [2.45, 2.75) is 11.1 Å². The predicted molar refractivity (Wildman–Crippen MR) is 125 cm³/mol. The zero-order valence-corrected chi connectivity index (χ0v) is 18.6. The summed E-state index contributed by atoms with van der Waals surface area (Å²) in [5, 5.41) is 3.15. The number of halogens is 1. The lowest BCUT2D eigenvalue weighted by atomic mass is 10.1. The number of amides is 2. The van der Waals surface area contributed by atoms with Gasteiger partial charge in [-0.2, -0.15) is 0 Å². The maximum atomic E-state index is 11.3. The van der Waals surface area contributed by atoms with Crippen LogP contribution in [-0.2, 0) is 4.74 Å². The molecule has 162 valence electrons. The number of nitrogens with one attached hydrogen (secondary N) is 1. The highest BCUT2D eigenvalue weighted by Gasteiger charge is 2.22. The number of nitrogens with two attached hydrogens (primary N) is 1. The average molecular weight is 459 g/mol. The highest BCUT2D eigenvalue weighted by atomic mass is 35.5. The van der Waals surface area contributed by atoms with Gasteiger partial charge in [0.05, 0.1) is 18.1 Å². The molecule has 1 fully saturated rings. The first kappa shape index (κ1) is 21.5. The quantitative estimate of drug-likeness (QED) is 0.524. The van der Waals surface area contributed by atoms with Gasteiger partial charge in [0.2, 0.25) is 0 Å². The number of nitrogens with zero attached hydrogens (tertiary/aromatic N) is 4. The van der Waals surface area contributed by atoms with Crippen LogP contribution in [0.5, 0.6) is 0 Å². The van der Waals surface area contributed by atoms with Crippen LogP contribution in [0.4, 0.5) is 16.3 Å². The highest BCUT2D eigenvalue weighted by molar-refractivity contribution is 7.98. The van der Waals surface area contributed by atoms with Crippen molar-refractivity contribution < 1.29 is 9.53 Å². The summed E-state index contributed by atoms with van der Waals surface area (Å²) >= 11 is 8.06. The summed E-state index contributed by atoms with van der Waals surface area (Å²) in [4.78, 5) is 25.7. The average Bonchev–Trinajstić information content (AvgIpc) is 2.79. The molecule has 2 aliphatic heterocycles. The molecular formula is C21H23ClN6O2S. The minimum Gasteiger partial charge on any atom is -0.378 e. The van der Waals surface area contributed by atoms with Gasteiger partial charge in [-0.25, -0.2) is 14.8 Å². The molecule has 0 bridgehead atoms. The van der Waals surface area contributed by atoms with E-state index in [-0.39, 0.29) is 6.17 Å². The first-order valence-corrected chi connectivity index (χ1v) is 11.4. The standard InChI is InChI=1S/C21H23ClN6O2S/c1-31-17-18(22)25-19(26-20(17)27-10-12-30-13-11-27)14-5-7-15(8-6-14)28-9-3-2-4-16(28)24-21(23)29/h2-9,16H,10-13H2,1H3,(H3,23,24,29). The van der Waals surface area contributed by atoms with Crippen molar-refractivity contribution in [1.82, 2.24) is 15.3 Å². The minimum absolute atomic E-state index is 0.354. The van der Waals surface area contributed by atoms with Crippen molar-refractivity contribution >= 4 is 40.9 Å². The fourth-order valence-electron chi connectivity index (χ4n) is 3.50. The predicted octanol–water partition coefficient (Wildman–Crippen LogP) is 3.24. The second-order valence-corrected chi connectivity index (χ2v) is 8.10. The van der Waals surface area contributed by atoms with Gasteiger partial charge < -0.3 is 25.6 Å². The normalized spacial score (nSPS) is 18.3. The molecule has 3 heterocycles. The summed E-state index contributed by atoms with van der Waals surface area (Å²) in [5.41, 5.74) is 7.04. The molecule has 0 saturated carbocycles. The fraction of sp³-hybridized carbons (Fsp3) is 0.286. The van der Waals surface area contributed by atoms with Gasteiger partial charge in [-0.15, -0.1) is 11.8 Å². The van der Waals surface area contributed by atoms with Gasteiger partial charge in [-0.1, -0.05) is 17.7 Å². The van der Waals surface area contributed by atoms with E-state index in [0.717, 1.165) is 35.1 Å². The molecule has 0 aliphatic carbocycles. The molecule has 2 amide bonds. The minimum atomic E-state index is -0.584. The molecule has 2 aliphatic rings. The van der Waals surface area contributed by atoms with Crippen molar-refractivity contribution in [3.05, 3.63) is 53.8 Å². The summed E-state index contributed by atoms with van der Waals surface area (Å²) in [6.45, 7) is 2.86. The maximum absolute atomic E-state index is 11.3. The number of allylic oxidation sites excluding steroid dienone is 2. The summed E-state index contributed by atoms with van der Waals surface area (Å²) in [6, 6.07) is 7.19. The molecule has 2 aromatic rings. The number of thioether (sulfide) groups is 1. The largest absolute Gasteiger partial charge is 0.378 e. The molecule has 1 unspecified atom stereocenters. The van der Waals surface area contributed by atoms with Crippen LogP contribution in [-0.4, -0.2) is 54.7 Å². The smallest absolute Gasteiger partial charge is 0.314 e. The Balaban J connectivity index is 1.63. The highest BCUT2D eigenvalue weighted by Crippen LogP contribution is 2.35. The Bertz CT molecular complexity index is 1010. The third-order valence-electron chi connectivity index (χ3n) is 4.99. The number of carbonyl (C=O) groups excluding carboxylic acids is 1. The molecule has 1 aromatic heterocycles. The second kappa shape index (κ2) is 9.59. The number of rotatable bonds is 5. The van der Waals surface area contributed by atoms with Crippen molar-refractivity contribution in [3.8, 4) is 11.4 Å². The van der Waals surface area contributed by atoms with Crippen LogP contribution in [0.1, 0.15) is 0 Å². The van der Waals surface area contributed by atoms with Crippen LogP contribution in [0.2, 0.25) is 5.15 Å². The van der Waals surface area contributed by atoms with Gasteiger partial charge in [-0.3, -0.25) is 0 Å². The van der Waals surface area contributed by atoms with Gasteiger partial charge in [0, 0.05) is 30.5 Å². The lowest BCUT2D eigenvalue weighted by Gasteiger charge is -2.30. The lowest BCUT2D eigenvalue weighted by molar-refractivity contribution is 0.122. The molecule has 10 heteroatoms. The molecule has 4 rings (SSSR count). The van der Waals surface area contributed by atoms with Gasteiger partial charge in [0.15, 0.2) is 5.82 Å². The number of primary amides is 1. The maximum Gasteiger partial charge on any atom is 0.314 e. The Morgan fingerprint density at radius 3 is 2.65 bits per heavy atom. The molecule has 8 nitrogen and oxygen atoms in total. The van der Waals surface area contributed by atoms with Crippen molar-refractivity contribution in [1.29, 1.82) is 0 Å². The molecular weight excluding hydrogens is 436 g/mol. The first-order valence-electron chi connectivity index (χ1n) is 9.81. The number of aromatic nitrogens is 2. The van der Waals surface area contributed by atoms with Crippen LogP contribution in [0, 0.1) is 0 Å². The number of benzene rings is 1. The van der Waals surface area contributed by atoms with Crippen LogP contribution < -0.4 is 20.9 Å². The van der Waals surface area contributed by atoms with E-state index in [1.807, 2.05) is 59.8 Å². The zero-order valence-electron chi connectivity index (χ0n) is 17.0. The number of urea groups is 1. The number of carbonyl (C=O) groups is 1. The van der Waals surface area contributed by atoms with E-state index >= 15 is 0 Å². The molecule has 0 radical (unpaired) electrons. The molecule has 31 heavy (non-hydrogen) atoms. The van der Waals surface area contributed by atoms with Crippen LogP contribution >= 0.6 is 23.4 Å². The summed E-state index contributed by atoms with van der Waals surface area (Å²) < 4.78 is 5.47. The van der Waals surface area contributed by atoms with Crippen LogP contribution in [0.3, 0.4) is 0 Å². The lowest BCUT2D eigenvalue weighted by Crippen LogP contribution is -2.47. The Hall–Kier alpha value is -2.75. The fourth-order valence-corrected chi connectivity index (χ4v) is 4.46. The SMILES string of the molecule is CSc1c(Cl)nc(-c2ccc(N3C=CC=CC3NC(N)=O)cc2)nc1N1CCOCC1. The first-order chi connectivity index (χ1) is 15.1. The van der Waals surface area contributed by atoms with E-state index in [0.29, 0.717) is 24.2 Å². The van der Waals surface area contributed by atoms with Gasteiger partial charge in [0.25, 0.3) is 0 Å². The number of morpholine rings is 1. The Kier molecular flexibility index (Phi) is 6.64. The number of ether oxygens (including phenoxy) is 1. The van der Waals surface area contributed by atoms with Crippen LogP contribution in [0.15, 0.2) is 53.6 Å². The Morgan fingerprint density at radius 2 is 1.97 bits per heavy atom. The van der Waals surface area contributed by atoms with Gasteiger partial charge >= 0.3 is 6.03 Å². The van der Waals surface area contributed by atoms with Crippen LogP contribution in [0.25, 0.3) is 11.4 Å². The van der Waals surface area contributed by atoms with E-state index in [4.69, 9.17) is 27.1 Å². The third-order valence-corrected chi connectivity index (χ3v) is 6.16. The summed E-state index contributed by atoms with van der Waals surface area (Å²) in [7, 11) is 0. The molecule has 1 saturated heterocycles. The van der Waals surface area contributed by atoms with Gasteiger partial charge in [-0.05, 0) is 42.7 Å². The van der Waals surface area contributed by atoms with E-state index in [1.165, 1.54) is 0 Å². The molecule has 1 atom stereocenters. The van der Waals surface area contributed by atoms with E-state index in [1.54, 1.807) is 11.8 Å². The third kappa shape index (κ3) is 4.79. The summed E-state index contributed by atoms with van der Waals surface area (Å²) in [5.74, 6) is 1.40. The Labute approximate surface area is 190 Å². The van der Waals surface area contributed by atoms with E-state index in [9.17, 15) is 4.79 Å². The van der Waals surface area contributed by atoms with E-state index < -0.39 is 6.03 Å². The summed E-state index contributed by atoms with van der Waals surface area (Å²) in [6.07, 6.45) is 9.12. The number of hydrogen-bond donors (Lipinski definition) is 2. The molecule has 0 spiro atoms. The van der Waals surface area contributed by atoms with Crippen molar-refractivity contribution in [3.63, 3.8) is 0 Å².